The van der Waals surface area contributed by atoms with Crippen LogP contribution < -0.4 is 10.2 Å². The molecule has 1 aliphatic carbocycles. The Kier molecular flexibility index (Phi) is 3.92. The average molecular weight is 364 g/mol. The predicted molar refractivity (Wildman–Crippen MR) is 97.4 cm³/mol. The van der Waals surface area contributed by atoms with E-state index in [2.05, 4.69) is 30.4 Å². The van der Waals surface area contributed by atoms with Crippen LogP contribution in [0.15, 0.2) is 30.6 Å². The van der Waals surface area contributed by atoms with Gasteiger partial charge in [-0.2, -0.15) is 4.52 Å². The zero-order chi connectivity index (χ0) is 18.2. The van der Waals surface area contributed by atoms with Crippen LogP contribution in [0.25, 0.3) is 5.65 Å². The average Bonchev–Trinajstić information content (AvgIpc) is 3.02. The highest BCUT2D eigenvalue weighted by Crippen LogP contribution is 2.35. The third-order valence-corrected chi connectivity index (χ3v) is 5.34. The number of anilines is 1. The monoisotopic (exact) mass is 364 g/mol. The largest absolute Gasteiger partial charge is 0.354 e. The van der Waals surface area contributed by atoms with Crippen molar-refractivity contribution in [1.29, 1.82) is 0 Å². The topological polar surface area (TPSA) is 101 Å². The van der Waals surface area contributed by atoms with Gasteiger partial charge in [-0.3, -0.25) is 4.79 Å². The van der Waals surface area contributed by atoms with Gasteiger partial charge in [-0.05, 0) is 31.0 Å². The number of carbonyl (C=O) groups is 1. The first-order valence-electron chi connectivity index (χ1n) is 9.30. The van der Waals surface area contributed by atoms with E-state index in [0.717, 1.165) is 30.4 Å². The van der Waals surface area contributed by atoms with Crippen LogP contribution in [0, 0.1) is 5.92 Å². The molecule has 0 radical (unpaired) electrons. The molecule has 1 saturated heterocycles. The van der Waals surface area contributed by atoms with E-state index in [1.165, 1.54) is 19.3 Å². The summed E-state index contributed by atoms with van der Waals surface area (Å²) in [5.41, 5.74) is 0.799. The van der Waals surface area contributed by atoms with Crippen molar-refractivity contribution in [3.8, 4) is 0 Å². The number of carbonyl (C=O) groups excluding carboxylic acids is 1. The first kappa shape index (κ1) is 16.1. The van der Waals surface area contributed by atoms with Crippen LogP contribution in [-0.2, 0) is 0 Å². The van der Waals surface area contributed by atoms with Crippen molar-refractivity contribution in [3.05, 3.63) is 42.2 Å². The molecule has 3 aromatic rings. The van der Waals surface area contributed by atoms with Crippen molar-refractivity contribution >= 4 is 17.4 Å². The van der Waals surface area contributed by atoms with Crippen LogP contribution >= 0.6 is 0 Å². The van der Waals surface area contributed by atoms with E-state index in [1.807, 2.05) is 16.6 Å². The molecule has 0 unspecified atom stereocenters. The van der Waals surface area contributed by atoms with Crippen LogP contribution in [0.4, 0.5) is 5.82 Å². The van der Waals surface area contributed by atoms with Crippen LogP contribution in [0.5, 0.6) is 0 Å². The first-order chi connectivity index (χ1) is 13.3. The summed E-state index contributed by atoms with van der Waals surface area (Å²) in [6, 6.07) is 5.65. The van der Waals surface area contributed by atoms with Crippen molar-refractivity contribution in [2.45, 2.75) is 25.2 Å². The van der Waals surface area contributed by atoms with E-state index in [-0.39, 0.29) is 11.7 Å². The third-order valence-electron chi connectivity index (χ3n) is 5.34. The molecule has 2 aliphatic rings. The molecule has 2 fully saturated rings. The summed E-state index contributed by atoms with van der Waals surface area (Å²) in [7, 11) is 0. The molecular formula is C18H20N8O. The Bertz CT molecular complexity index is 962. The van der Waals surface area contributed by atoms with Gasteiger partial charge in [0.2, 0.25) is 5.82 Å². The Morgan fingerprint density at radius 3 is 2.70 bits per heavy atom. The molecule has 0 bridgehead atoms. The molecule has 0 atom stereocenters. The molecule has 0 spiro atoms. The maximum Gasteiger partial charge on any atom is 0.289 e. The summed E-state index contributed by atoms with van der Waals surface area (Å²) in [4.78, 5) is 22.1. The number of rotatable bonds is 5. The Morgan fingerprint density at radius 1 is 1.15 bits per heavy atom. The fourth-order valence-corrected chi connectivity index (χ4v) is 3.50. The normalized spacial score (nSPS) is 17.6. The molecule has 27 heavy (non-hydrogen) atoms. The number of amides is 1. The number of hydrogen-bond donors (Lipinski definition) is 1. The van der Waals surface area contributed by atoms with Gasteiger partial charge in [-0.25, -0.2) is 9.97 Å². The number of nitrogens with zero attached hydrogens (tertiary/aromatic N) is 7. The third kappa shape index (κ3) is 2.98. The fourth-order valence-electron chi connectivity index (χ4n) is 3.50. The number of aromatic nitrogens is 6. The molecule has 9 nitrogen and oxygen atoms in total. The number of nitrogens with one attached hydrogen (secondary N) is 1. The zero-order valence-electron chi connectivity index (χ0n) is 14.8. The summed E-state index contributed by atoms with van der Waals surface area (Å²) in [6.07, 6.45) is 6.73. The van der Waals surface area contributed by atoms with Gasteiger partial charge in [0.25, 0.3) is 5.91 Å². The van der Waals surface area contributed by atoms with Crippen LogP contribution in [0.3, 0.4) is 0 Å². The van der Waals surface area contributed by atoms with Gasteiger partial charge in [0.1, 0.15) is 5.82 Å². The van der Waals surface area contributed by atoms with E-state index in [0.29, 0.717) is 18.4 Å². The van der Waals surface area contributed by atoms with Gasteiger partial charge in [-0.15, -0.1) is 15.3 Å². The van der Waals surface area contributed by atoms with E-state index in [9.17, 15) is 4.79 Å². The first-order valence-corrected chi connectivity index (χ1v) is 9.30. The summed E-state index contributed by atoms with van der Waals surface area (Å²) < 4.78 is 1.89. The highest BCUT2D eigenvalue weighted by molar-refractivity contribution is 5.90. The quantitative estimate of drug-likeness (QED) is 0.722. The molecule has 5 rings (SSSR count). The summed E-state index contributed by atoms with van der Waals surface area (Å²) in [6.45, 7) is 2.32. The van der Waals surface area contributed by atoms with Crippen molar-refractivity contribution in [2.75, 3.05) is 24.5 Å². The lowest BCUT2D eigenvalue weighted by Crippen LogP contribution is -2.52. The van der Waals surface area contributed by atoms with Crippen molar-refractivity contribution in [2.24, 2.45) is 5.92 Å². The molecular weight excluding hydrogens is 344 g/mol. The molecule has 3 aromatic heterocycles. The van der Waals surface area contributed by atoms with Gasteiger partial charge in [0.05, 0.1) is 0 Å². The van der Waals surface area contributed by atoms with Gasteiger partial charge >= 0.3 is 0 Å². The maximum absolute atomic E-state index is 12.0. The van der Waals surface area contributed by atoms with E-state index in [1.54, 1.807) is 18.5 Å². The minimum absolute atomic E-state index is 0.205. The number of hydrogen-bond acceptors (Lipinski definition) is 7. The van der Waals surface area contributed by atoms with Gasteiger partial charge in [0.15, 0.2) is 11.5 Å². The molecule has 1 aliphatic heterocycles. The van der Waals surface area contributed by atoms with Crippen LogP contribution in [0.2, 0.25) is 0 Å². The van der Waals surface area contributed by atoms with E-state index in [4.69, 9.17) is 5.10 Å². The second-order valence-electron chi connectivity index (χ2n) is 7.20. The summed E-state index contributed by atoms with van der Waals surface area (Å²) in [5, 5.41) is 16.2. The SMILES string of the molecule is O=C(NCC1CN(c2ccc3nnc(C4CCC4)n3n2)C1)c1ncccn1. The lowest BCUT2D eigenvalue weighted by atomic mass is 9.85. The molecule has 1 N–H and O–H groups in total. The van der Waals surface area contributed by atoms with Gasteiger partial charge in [-0.1, -0.05) is 6.42 Å². The Hall–Kier alpha value is -3.10. The smallest absolute Gasteiger partial charge is 0.289 e. The van der Waals surface area contributed by atoms with Crippen LogP contribution in [-0.4, -0.2) is 55.3 Å². The minimum atomic E-state index is -0.233. The Morgan fingerprint density at radius 2 is 1.96 bits per heavy atom. The van der Waals surface area contributed by atoms with Gasteiger partial charge < -0.3 is 10.2 Å². The van der Waals surface area contributed by atoms with Gasteiger partial charge in [0, 0.05) is 43.9 Å². The molecule has 4 heterocycles. The lowest BCUT2D eigenvalue weighted by molar-refractivity contribution is 0.0934. The molecule has 1 saturated carbocycles. The lowest BCUT2D eigenvalue weighted by Gasteiger charge is -2.40. The maximum atomic E-state index is 12.0. The Labute approximate surface area is 155 Å². The fraction of sp³-hybridized carbons (Fsp3) is 0.444. The van der Waals surface area contributed by atoms with Crippen molar-refractivity contribution in [3.63, 3.8) is 0 Å². The number of fused-ring (bicyclic) bond motifs is 1. The van der Waals surface area contributed by atoms with Crippen molar-refractivity contribution in [1.82, 2.24) is 35.1 Å². The van der Waals surface area contributed by atoms with Crippen LogP contribution in [0.1, 0.15) is 41.6 Å². The highest BCUT2D eigenvalue weighted by atomic mass is 16.2. The second-order valence-corrected chi connectivity index (χ2v) is 7.20. The van der Waals surface area contributed by atoms with E-state index >= 15 is 0 Å². The summed E-state index contributed by atoms with van der Waals surface area (Å²) >= 11 is 0. The Balaban J connectivity index is 1.20. The summed E-state index contributed by atoms with van der Waals surface area (Å²) in [5.74, 6) is 2.76. The predicted octanol–water partition coefficient (Wildman–Crippen LogP) is 1.05. The molecule has 9 heteroatoms. The molecule has 1 amide bonds. The minimum Gasteiger partial charge on any atom is -0.354 e. The zero-order valence-corrected chi connectivity index (χ0v) is 14.8. The molecule has 0 aromatic carbocycles. The molecule has 138 valence electrons. The van der Waals surface area contributed by atoms with E-state index < -0.39 is 0 Å². The second kappa shape index (κ2) is 6.57. The highest BCUT2D eigenvalue weighted by Gasteiger charge is 2.30. The van der Waals surface area contributed by atoms with Crippen molar-refractivity contribution < 1.29 is 4.79 Å². The standard InChI is InChI=1S/C18H20N8O/c27-18(16-19-7-2-8-20-16)21-9-12-10-25(11-12)15-6-5-14-22-23-17(26(14)24-15)13-3-1-4-13/h2,5-8,12-13H,1,3-4,9-11H2,(H,21,27).